The molecule has 1 amide bonds. The van der Waals surface area contributed by atoms with Crippen LogP contribution >= 0.6 is 23.2 Å². The highest BCUT2D eigenvalue weighted by Gasteiger charge is 2.30. The third-order valence-electron chi connectivity index (χ3n) is 7.67. The fourth-order valence-corrected chi connectivity index (χ4v) is 5.74. The van der Waals surface area contributed by atoms with Crippen LogP contribution in [0.4, 0.5) is 4.39 Å². The summed E-state index contributed by atoms with van der Waals surface area (Å²) in [5, 5.41) is 1.46. The molecule has 42 heavy (non-hydrogen) atoms. The summed E-state index contributed by atoms with van der Waals surface area (Å²) in [5.41, 5.74) is 2.08. The molecule has 0 bridgehead atoms. The summed E-state index contributed by atoms with van der Waals surface area (Å²) in [6, 6.07) is 9.30. The summed E-state index contributed by atoms with van der Waals surface area (Å²) in [6.45, 7) is 12.0. The largest absolute Gasteiger partial charge is 0.496 e. The van der Waals surface area contributed by atoms with E-state index in [1.54, 1.807) is 24.1 Å². The molecule has 2 heterocycles. The van der Waals surface area contributed by atoms with E-state index in [2.05, 4.69) is 16.6 Å². The van der Waals surface area contributed by atoms with Gasteiger partial charge >= 0.3 is 0 Å². The molecule has 2 aliphatic heterocycles. The predicted octanol–water partition coefficient (Wildman–Crippen LogP) is 8.45. The number of carbonyl (C=O) groups is 2. The number of benzene rings is 2. The average molecular weight is 624 g/mol. The van der Waals surface area contributed by atoms with E-state index in [0.717, 1.165) is 54.4 Å². The van der Waals surface area contributed by atoms with Gasteiger partial charge in [-0.1, -0.05) is 29.6 Å². The van der Waals surface area contributed by atoms with Crippen LogP contribution in [0.5, 0.6) is 5.75 Å². The zero-order valence-electron chi connectivity index (χ0n) is 25.6. The number of ether oxygens (including phenoxy) is 2. The van der Waals surface area contributed by atoms with E-state index in [-0.39, 0.29) is 17.1 Å². The van der Waals surface area contributed by atoms with Crippen molar-refractivity contribution >= 4 is 35.6 Å². The number of likely N-dealkylation sites (tertiary alicyclic amines) is 2. The number of methoxy groups -OCH3 is 1. The van der Waals surface area contributed by atoms with Gasteiger partial charge in [-0.25, -0.2) is 4.39 Å². The summed E-state index contributed by atoms with van der Waals surface area (Å²) in [5.74, 6) is 0.344. The third kappa shape index (κ3) is 10.4. The Balaban J connectivity index is 0.000000191. The van der Waals surface area contributed by atoms with Gasteiger partial charge in [0, 0.05) is 35.2 Å². The Morgan fingerprint density at radius 2 is 1.52 bits per heavy atom. The lowest BCUT2D eigenvalue weighted by molar-refractivity contribution is -0.138. The Kier molecular flexibility index (Phi) is 12.9. The quantitative estimate of drug-likeness (QED) is 0.302. The standard InChI is InChI=1S/C15H18FNO2.C13H17Cl2N.C5H10O2/c1-19-14-9-13(16)12(8-11(14)10-4-5-10)15(18)17-6-2-3-7-17;1-10(16-5-3-2-4-6-16)11-7-12(14)9-13(15)8-11;1-5(2,3)7-4-6/h8-10H,2-7H2,1H3;7-10H,2-6H2,1H3;4H,1-3H3. The molecule has 3 fully saturated rings. The SMILES string of the molecule is CC(C)(C)OC=O.CC(c1cc(Cl)cc(Cl)c1)N1CCCCC1.COc1cc(F)c(C(=O)N2CCCC2)cc1C1CC1. The average Bonchev–Trinajstić information content (AvgIpc) is 3.64. The van der Waals surface area contributed by atoms with Gasteiger partial charge in [-0.05, 0) is 121 Å². The first-order valence-electron chi connectivity index (χ1n) is 14.9. The van der Waals surface area contributed by atoms with E-state index in [4.69, 9.17) is 27.9 Å². The Morgan fingerprint density at radius 3 is 2.00 bits per heavy atom. The van der Waals surface area contributed by atoms with Crippen LogP contribution in [0.25, 0.3) is 0 Å². The van der Waals surface area contributed by atoms with Crippen molar-refractivity contribution < 1.29 is 23.5 Å². The molecular formula is C33H45Cl2FN2O4. The normalized spacial score (nSPS) is 17.8. The van der Waals surface area contributed by atoms with Gasteiger partial charge in [0.15, 0.2) is 0 Å². The molecule has 3 aliphatic rings. The van der Waals surface area contributed by atoms with E-state index in [9.17, 15) is 14.0 Å². The van der Waals surface area contributed by atoms with E-state index >= 15 is 0 Å². The van der Waals surface area contributed by atoms with Gasteiger partial charge < -0.3 is 14.4 Å². The number of amides is 1. The maximum atomic E-state index is 14.1. The van der Waals surface area contributed by atoms with Gasteiger partial charge in [-0.2, -0.15) is 0 Å². The zero-order valence-corrected chi connectivity index (χ0v) is 27.1. The van der Waals surface area contributed by atoms with Crippen LogP contribution in [0.3, 0.4) is 0 Å². The number of hydrogen-bond acceptors (Lipinski definition) is 5. The highest BCUT2D eigenvalue weighted by atomic mass is 35.5. The van der Waals surface area contributed by atoms with Gasteiger partial charge in [-0.3, -0.25) is 14.5 Å². The minimum atomic E-state index is -0.474. The molecular weight excluding hydrogens is 578 g/mol. The van der Waals surface area contributed by atoms with Crippen molar-refractivity contribution in [3.8, 4) is 5.75 Å². The van der Waals surface area contributed by atoms with Crippen molar-refractivity contribution in [3.63, 3.8) is 0 Å². The lowest BCUT2D eigenvalue weighted by Crippen LogP contribution is -2.32. The minimum absolute atomic E-state index is 0.181. The molecule has 5 rings (SSSR count). The van der Waals surface area contributed by atoms with Crippen molar-refractivity contribution in [2.24, 2.45) is 0 Å². The second-order valence-corrected chi connectivity index (χ2v) is 13.0. The number of rotatable bonds is 6. The van der Waals surface area contributed by atoms with E-state index in [1.165, 1.54) is 44.0 Å². The molecule has 2 saturated heterocycles. The first kappa shape index (κ1) is 34.1. The van der Waals surface area contributed by atoms with Crippen LogP contribution in [0.1, 0.15) is 106 Å². The van der Waals surface area contributed by atoms with Crippen molar-refractivity contribution in [2.45, 2.75) is 90.2 Å². The maximum Gasteiger partial charge on any atom is 0.293 e. The Morgan fingerprint density at radius 1 is 0.952 bits per heavy atom. The van der Waals surface area contributed by atoms with E-state index in [0.29, 0.717) is 24.2 Å². The molecule has 9 heteroatoms. The first-order chi connectivity index (χ1) is 19.9. The van der Waals surface area contributed by atoms with Crippen LogP contribution < -0.4 is 4.74 Å². The first-order valence-corrected chi connectivity index (χ1v) is 15.7. The van der Waals surface area contributed by atoms with Crippen molar-refractivity contribution in [2.75, 3.05) is 33.3 Å². The minimum Gasteiger partial charge on any atom is -0.496 e. The highest BCUT2D eigenvalue weighted by Crippen LogP contribution is 2.45. The zero-order chi connectivity index (χ0) is 30.9. The second-order valence-electron chi connectivity index (χ2n) is 12.1. The predicted molar refractivity (Wildman–Crippen MR) is 167 cm³/mol. The van der Waals surface area contributed by atoms with E-state index < -0.39 is 5.82 Å². The number of piperidine rings is 1. The molecule has 2 aromatic carbocycles. The number of halogens is 3. The van der Waals surface area contributed by atoms with Gasteiger partial charge in [-0.15, -0.1) is 0 Å². The third-order valence-corrected chi connectivity index (χ3v) is 8.10. The molecule has 0 aromatic heterocycles. The molecule has 1 unspecified atom stereocenters. The fraction of sp³-hybridized carbons (Fsp3) is 0.576. The van der Waals surface area contributed by atoms with E-state index in [1.807, 2.05) is 32.9 Å². The Hall–Kier alpha value is -2.35. The molecule has 6 nitrogen and oxygen atoms in total. The summed E-state index contributed by atoms with van der Waals surface area (Å²) in [4.78, 5) is 26.1. The summed E-state index contributed by atoms with van der Waals surface area (Å²) >= 11 is 12.1. The number of nitrogens with zero attached hydrogens (tertiary/aromatic N) is 2. The van der Waals surface area contributed by atoms with Crippen molar-refractivity contribution in [3.05, 3.63) is 62.9 Å². The van der Waals surface area contributed by atoms with Crippen LogP contribution in [-0.2, 0) is 9.53 Å². The topological polar surface area (TPSA) is 59.1 Å². The summed E-state index contributed by atoms with van der Waals surface area (Å²) < 4.78 is 23.8. The molecule has 1 saturated carbocycles. The van der Waals surface area contributed by atoms with Crippen molar-refractivity contribution in [1.29, 1.82) is 0 Å². The molecule has 0 spiro atoms. The Labute approximate surface area is 260 Å². The van der Waals surface area contributed by atoms with Crippen LogP contribution in [0.15, 0.2) is 30.3 Å². The molecule has 1 atom stereocenters. The Bertz CT molecular complexity index is 1170. The molecule has 0 radical (unpaired) electrons. The van der Waals surface area contributed by atoms with Gasteiger partial charge in [0.2, 0.25) is 0 Å². The van der Waals surface area contributed by atoms with Crippen LogP contribution in [0.2, 0.25) is 10.0 Å². The fourth-order valence-electron chi connectivity index (χ4n) is 5.19. The van der Waals surface area contributed by atoms with Gasteiger partial charge in [0.1, 0.15) is 17.2 Å². The maximum absolute atomic E-state index is 14.1. The molecule has 1 aliphatic carbocycles. The van der Waals surface area contributed by atoms with Gasteiger partial charge in [0.05, 0.1) is 12.7 Å². The molecule has 2 aromatic rings. The number of hydrogen-bond donors (Lipinski definition) is 0. The summed E-state index contributed by atoms with van der Waals surface area (Å²) in [6.07, 6.45) is 8.19. The number of carbonyl (C=O) groups excluding carboxylic acids is 2. The van der Waals surface area contributed by atoms with Crippen molar-refractivity contribution in [1.82, 2.24) is 9.80 Å². The second kappa shape index (κ2) is 15.9. The molecule has 0 N–H and O–H groups in total. The molecule has 232 valence electrons. The summed E-state index contributed by atoms with van der Waals surface area (Å²) in [7, 11) is 1.54. The monoisotopic (exact) mass is 622 g/mol. The van der Waals surface area contributed by atoms with Crippen LogP contribution in [-0.4, -0.2) is 61.1 Å². The highest BCUT2D eigenvalue weighted by molar-refractivity contribution is 6.34. The van der Waals surface area contributed by atoms with Gasteiger partial charge in [0.25, 0.3) is 12.4 Å². The lowest BCUT2D eigenvalue weighted by Gasteiger charge is -2.32. The van der Waals surface area contributed by atoms with Crippen LogP contribution in [0, 0.1) is 5.82 Å². The lowest BCUT2D eigenvalue weighted by atomic mass is 10.0. The smallest absolute Gasteiger partial charge is 0.293 e.